The molecule has 1 aliphatic heterocycles. The summed E-state index contributed by atoms with van der Waals surface area (Å²) in [7, 11) is 0. The van der Waals surface area contributed by atoms with Crippen LogP contribution in [0.4, 0.5) is 4.79 Å². The van der Waals surface area contributed by atoms with Gasteiger partial charge < -0.3 is 20.3 Å². The van der Waals surface area contributed by atoms with Crippen LogP contribution in [0.5, 0.6) is 0 Å². The Morgan fingerprint density at radius 1 is 1.63 bits per heavy atom. The predicted octanol–water partition coefficient (Wildman–Crippen LogP) is 0.975. The molecule has 0 saturated carbocycles. The number of nitrogens with one attached hydrogen (secondary N) is 2. The first kappa shape index (κ1) is 13.4. The van der Waals surface area contributed by atoms with Gasteiger partial charge in [-0.15, -0.1) is 0 Å². The van der Waals surface area contributed by atoms with Gasteiger partial charge in [-0.2, -0.15) is 0 Å². The van der Waals surface area contributed by atoms with Crippen LogP contribution in [0.25, 0.3) is 0 Å². The lowest BCUT2D eigenvalue weighted by atomic mass is 10.0. The van der Waals surface area contributed by atoms with Crippen LogP contribution >= 0.6 is 0 Å². The zero-order valence-corrected chi connectivity index (χ0v) is 11.0. The number of aromatic nitrogens is 2. The van der Waals surface area contributed by atoms with Gasteiger partial charge in [0.15, 0.2) is 0 Å². The van der Waals surface area contributed by atoms with E-state index in [1.807, 2.05) is 6.92 Å². The first-order valence-electron chi connectivity index (χ1n) is 6.30. The monoisotopic (exact) mass is 266 g/mol. The fourth-order valence-corrected chi connectivity index (χ4v) is 2.41. The highest BCUT2D eigenvalue weighted by molar-refractivity contribution is 5.78. The highest BCUT2D eigenvalue weighted by atomic mass is 16.4. The number of carboxylic acid groups (broad SMARTS) is 1. The Kier molecular flexibility index (Phi) is 3.73. The minimum absolute atomic E-state index is 0.237. The normalized spacial score (nSPS) is 24.2. The molecule has 0 bridgehead atoms. The molecule has 19 heavy (non-hydrogen) atoms. The first-order chi connectivity index (χ1) is 9.00. The van der Waals surface area contributed by atoms with Crippen LogP contribution < -0.4 is 5.32 Å². The van der Waals surface area contributed by atoms with Crippen molar-refractivity contribution in [1.29, 1.82) is 0 Å². The van der Waals surface area contributed by atoms with E-state index in [-0.39, 0.29) is 18.1 Å². The van der Waals surface area contributed by atoms with Crippen molar-refractivity contribution < 1.29 is 14.7 Å². The highest BCUT2D eigenvalue weighted by Crippen LogP contribution is 2.24. The van der Waals surface area contributed by atoms with Crippen LogP contribution in [0.15, 0.2) is 12.4 Å². The minimum Gasteiger partial charge on any atom is -0.481 e. The molecule has 0 aromatic carbocycles. The van der Waals surface area contributed by atoms with Gasteiger partial charge in [0.25, 0.3) is 0 Å². The Bertz CT molecular complexity index is 460. The smallest absolute Gasteiger partial charge is 0.318 e. The Morgan fingerprint density at radius 3 is 2.89 bits per heavy atom. The summed E-state index contributed by atoms with van der Waals surface area (Å²) in [5.41, 5.74) is 0. The van der Waals surface area contributed by atoms with E-state index in [1.165, 1.54) is 0 Å². The number of hydrogen-bond acceptors (Lipinski definition) is 3. The van der Waals surface area contributed by atoms with Gasteiger partial charge >= 0.3 is 12.0 Å². The summed E-state index contributed by atoms with van der Waals surface area (Å²) in [6.07, 6.45) is 3.81. The van der Waals surface area contributed by atoms with E-state index in [2.05, 4.69) is 15.3 Å². The average Bonchev–Trinajstić information content (AvgIpc) is 2.96. The summed E-state index contributed by atoms with van der Waals surface area (Å²) < 4.78 is 0. The second kappa shape index (κ2) is 5.29. The van der Waals surface area contributed by atoms with Crippen molar-refractivity contribution >= 4 is 12.0 Å². The number of likely N-dealkylation sites (tertiary alicyclic amines) is 1. The van der Waals surface area contributed by atoms with Crippen molar-refractivity contribution in [2.75, 3.05) is 6.54 Å². The van der Waals surface area contributed by atoms with Crippen molar-refractivity contribution in [1.82, 2.24) is 20.2 Å². The minimum atomic E-state index is -0.845. The molecule has 0 radical (unpaired) electrons. The number of rotatable bonds is 3. The van der Waals surface area contributed by atoms with Crippen LogP contribution in [-0.2, 0) is 4.79 Å². The number of carboxylic acids is 1. The van der Waals surface area contributed by atoms with Crippen molar-refractivity contribution in [3.8, 4) is 0 Å². The molecule has 2 amide bonds. The van der Waals surface area contributed by atoms with Crippen LogP contribution in [0.1, 0.15) is 32.1 Å². The molecular weight excluding hydrogens is 248 g/mol. The summed E-state index contributed by atoms with van der Waals surface area (Å²) in [5, 5.41) is 11.9. The molecular formula is C12H18N4O3. The van der Waals surface area contributed by atoms with Gasteiger partial charge in [-0.3, -0.25) is 4.79 Å². The lowest BCUT2D eigenvalue weighted by Gasteiger charge is -2.25. The molecule has 1 aromatic heterocycles. The van der Waals surface area contributed by atoms with Crippen molar-refractivity contribution in [3.05, 3.63) is 18.2 Å². The number of amides is 2. The molecule has 104 valence electrons. The number of imidazole rings is 1. The number of hydrogen-bond donors (Lipinski definition) is 3. The van der Waals surface area contributed by atoms with Gasteiger partial charge in [0.05, 0.1) is 12.0 Å². The SMILES string of the molecule is CC(NC(=O)N1CCC(C(=O)O)C1C)c1ncc[nH]1. The third-order valence-corrected chi connectivity index (χ3v) is 3.60. The van der Waals surface area contributed by atoms with E-state index in [4.69, 9.17) is 5.11 Å². The number of aromatic amines is 1. The van der Waals surface area contributed by atoms with Crippen molar-refractivity contribution in [2.45, 2.75) is 32.4 Å². The number of urea groups is 1. The molecule has 3 N–H and O–H groups in total. The van der Waals surface area contributed by atoms with Crippen molar-refractivity contribution in [3.63, 3.8) is 0 Å². The summed E-state index contributed by atoms with van der Waals surface area (Å²) in [4.78, 5) is 31.7. The quantitative estimate of drug-likeness (QED) is 0.759. The van der Waals surface area contributed by atoms with Gasteiger partial charge in [0, 0.05) is 25.0 Å². The number of H-pyrrole nitrogens is 1. The van der Waals surface area contributed by atoms with E-state index < -0.39 is 11.9 Å². The largest absolute Gasteiger partial charge is 0.481 e. The summed E-state index contributed by atoms with van der Waals surface area (Å²) >= 11 is 0. The van der Waals surface area contributed by atoms with Crippen LogP contribution in [0.3, 0.4) is 0 Å². The third kappa shape index (κ3) is 2.69. The molecule has 3 atom stereocenters. The number of carbonyl (C=O) groups excluding carboxylic acids is 1. The average molecular weight is 266 g/mol. The number of nitrogens with zero attached hydrogens (tertiary/aromatic N) is 2. The molecule has 3 unspecified atom stereocenters. The van der Waals surface area contributed by atoms with Gasteiger partial charge in [-0.1, -0.05) is 0 Å². The fraction of sp³-hybridized carbons (Fsp3) is 0.583. The van der Waals surface area contributed by atoms with Gasteiger partial charge in [-0.05, 0) is 20.3 Å². The maximum atomic E-state index is 12.1. The molecule has 1 saturated heterocycles. The summed E-state index contributed by atoms with van der Waals surface area (Å²) in [5.74, 6) is -0.651. The van der Waals surface area contributed by atoms with E-state index in [9.17, 15) is 9.59 Å². The molecule has 2 heterocycles. The van der Waals surface area contributed by atoms with E-state index in [1.54, 1.807) is 24.2 Å². The molecule has 1 aliphatic rings. The van der Waals surface area contributed by atoms with E-state index in [0.717, 1.165) is 0 Å². The zero-order valence-electron chi connectivity index (χ0n) is 11.0. The third-order valence-electron chi connectivity index (χ3n) is 3.60. The molecule has 7 heteroatoms. The second-order valence-corrected chi connectivity index (χ2v) is 4.81. The Morgan fingerprint density at radius 2 is 2.37 bits per heavy atom. The van der Waals surface area contributed by atoms with Crippen LogP contribution in [0.2, 0.25) is 0 Å². The molecule has 0 aliphatic carbocycles. The Balaban J connectivity index is 1.96. The van der Waals surface area contributed by atoms with Gasteiger partial charge in [0.1, 0.15) is 5.82 Å². The molecule has 1 aromatic rings. The number of aliphatic carboxylic acids is 1. The zero-order chi connectivity index (χ0) is 14.0. The van der Waals surface area contributed by atoms with Crippen LogP contribution in [-0.4, -0.2) is 44.6 Å². The fourth-order valence-electron chi connectivity index (χ4n) is 2.41. The van der Waals surface area contributed by atoms with Crippen molar-refractivity contribution in [2.24, 2.45) is 5.92 Å². The summed E-state index contributed by atoms with van der Waals surface area (Å²) in [6.45, 7) is 4.06. The summed E-state index contributed by atoms with van der Waals surface area (Å²) in [6, 6.07) is -0.778. The van der Waals surface area contributed by atoms with Gasteiger partial charge in [0.2, 0.25) is 0 Å². The molecule has 0 spiro atoms. The second-order valence-electron chi connectivity index (χ2n) is 4.81. The maximum Gasteiger partial charge on any atom is 0.318 e. The van der Waals surface area contributed by atoms with E-state index >= 15 is 0 Å². The maximum absolute atomic E-state index is 12.1. The molecule has 7 nitrogen and oxygen atoms in total. The standard InChI is InChI=1S/C12H18N4O3/c1-7(10-13-4-5-14-10)15-12(19)16-6-3-9(8(16)2)11(17)18/h4-5,7-9H,3,6H2,1-2H3,(H,13,14)(H,15,19)(H,17,18). The highest BCUT2D eigenvalue weighted by Gasteiger charge is 2.38. The Labute approximate surface area is 111 Å². The topological polar surface area (TPSA) is 98.3 Å². The Hall–Kier alpha value is -2.05. The molecule has 2 rings (SSSR count). The lowest BCUT2D eigenvalue weighted by Crippen LogP contribution is -2.44. The first-order valence-corrected chi connectivity index (χ1v) is 6.30. The number of carbonyl (C=O) groups is 2. The van der Waals surface area contributed by atoms with Crippen LogP contribution in [0, 0.1) is 5.92 Å². The van der Waals surface area contributed by atoms with Gasteiger partial charge in [-0.25, -0.2) is 9.78 Å². The molecule has 1 fully saturated rings. The predicted molar refractivity (Wildman–Crippen MR) is 67.4 cm³/mol. The lowest BCUT2D eigenvalue weighted by molar-refractivity contribution is -0.142. The van der Waals surface area contributed by atoms with E-state index in [0.29, 0.717) is 18.8 Å².